The highest BCUT2D eigenvalue weighted by molar-refractivity contribution is 6.30. The molecule has 1 amide bonds. The number of carbonyl (C=O) groups is 2. The minimum atomic E-state index is -0.911. The lowest BCUT2D eigenvalue weighted by Gasteiger charge is -2.28. The molecule has 2 aliphatic rings. The Labute approximate surface area is 231 Å². The summed E-state index contributed by atoms with van der Waals surface area (Å²) >= 11 is 6.35. The van der Waals surface area contributed by atoms with Crippen molar-refractivity contribution in [3.8, 4) is 5.75 Å². The maximum Gasteiger partial charge on any atom is 0.310 e. The van der Waals surface area contributed by atoms with E-state index in [-0.39, 0.29) is 24.7 Å². The average Bonchev–Trinajstić information content (AvgIpc) is 3.07. The third-order valence-corrected chi connectivity index (χ3v) is 7.87. The van der Waals surface area contributed by atoms with E-state index in [4.69, 9.17) is 16.3 Å². The number of allylic oxidation sites excluding steroid dienone is 1. The van der Waals surface area contributed by atoms with Crippen molar-refractivity contribution in [1.29, 1.82) is 0 Å². The first-order valence-electron chi connectivity index (χ1n) is 13.8. The lowest BCUT2D eigenvalue weighted by atomic mass is 9.91. The molecule has 2 bridgehead atoms. The van der Waals surface area contributed by atoms with Crippen LogP contribution >= 0.6 is 11.6 Å². The number of aryl methyl sites for hydroxylation is 1. The number of hydrogen-bond donors (Lipinski definition) is 1. The second-order valence-corrected chi connectivity index (χ2v) is 10.9. The Morgan fingerprint density at radius 3 is 2.79 bits per heavy atom. The third-order valence-electron chi connectivity index (χ3n) is 7.64. The second-order valence-electron chi connectivity index (χ2n) is 10.4. The van der Waals surface area contributed by atoms with Gasteiger partial charge in [-0.15, -0.1) is 0 Å². The van der Waals surface area contributed by atoms with Crippen molar-refractivity contribution in [2.24, 2.45) is 0 Å². The van der Waals surface area contributed by atoms with Crippen LogP contribution in [0.15, 0.2) is 48.6 Å². The summed E-state index contributed by atoms with van der Waals surface area (Å²) in [6.45, 7) is 4.91. The summed E-state index contributed by atoms with van der Waals surface area (Å²) < 4.78 is 6.38. The molecule has 0 radical (unpaired) electrons. The highest BCUT2D eigenvalue weighted by Crippen LogP contribution is 2.39. The van der Waals surface area contributed by atoms with Gasteiger partial charge in [-0.2, -0.15) is 0 Å². The first-order valence-corrected chi connectivity index (χ1v) is 14.2. The van der Waals surface area contributed by atoms with Crippen molar-refractivity contribution in [3.63, 3.8) is 0 Å². The second kappa shape index (κ2) is 13.2. The van der Waals surface area contributed by atoms with Gasteiger partial charge in [-0.3, -0.25) is 9.59 Å². The fourth-order valence-electron chi connectivity index (χ4n) is 5.49. The lowest BCUT2D eigenvalue weighted by Crippen LogP contribution is -2.30. The van der Waals surface area contributed by atoms with Gasteiger partial charge < -0.3 is 19.6 Å². The van der Waals surface area contributed by atoms with E-state index < -0.39 is 11.9 Å². The quantitative estimate of drug-likeness (QED) is 0.455. The minimum Gasteiger partial charge on any atom is -0.491 e. The van der Waals surface area contributed by atoms with Gasteiger partial charge in [0.2, 0.25) is 5.91 Å². The molecule has 2 aromatic rings. The largest absolute Gasteiger partial charge is 0.491 e. The Bertz CT molecular complexity index is 1160. The van der Waals surface area contributed by atoms with E-state index >= 15 is 0 Å². The number of halogens is 1. The Morgan fingerprint density at radius 2 is 2.00 bits per heavy atom. The molecule has 0 saturated carbocycles. The van der Waals surface area contributed by atoms with Crippen molar-refractivity contribution in [1.82, 2.24) is 4.90 Å². The summed E-state index contributed by atoms with van der Waals surface area (Å²) in [5.74, 6) is -0.761. The van der Waals surface area contributed by atoms with Crippen molar-refractivity contribution in [3.05, 3.63) is 70.3 Å². The topological polar surface area (TPSA) is 70.1 Å². The standard InChI is InChI=1S/C31H39ClN2O4/c1-3-9-22-18-25(32)11-12-26(22)24-20-34-17-8-6-4-5-7-16-33(2)30(35)15-13-27(31(36)37)23-10-14-29(38-21-24)28(34)19-23/h5,7,10-12,14,18-19,24,27H,3-4,6,8-9,13,15-17,20-21H2,1-2H3,(H,36,37)/b7-5+. The lowest BCUT2D eigenvalue weighted by molar-refractivity contribution is -0.139. The van der Waals surface area contributed by atoms with Crippen molar-refractivity contribution >= 4 is 29.2 Å². The van der Waals surface area contributed by atoms with E-state index in [9.17, 15) is 14.7 Å². The summed E-state index contributed by atoms with van der Waals surface area (Å²) in [4.78, 5) is 28.9. The summed E-state index contributed by atoms with van der Waals surface area (Å²) in [5.41, 5.74) is 4.18. The van der Waals surface area contributed by atoms with Crippen LogP contribution in [0.4, 0.5) is 5.69 Å². The number of nitrogens with zero attached hydrogens (tertiary/aromatic N) is 2. The molecule has 0 fully saturated rings. The molecule has 2 heterocycles. The van der Waals surface area contributed by atoms with Gasteiger partial charge in [-0.05, 0) is 73.1 Å². The number of carbonyl (C=O) groups excluding carboxylic acids is 1. The smallest absolute Gasteiger partial charge is 0.310 e. The molecule has 1 N–H and O–H groups in total. The number of hydrogen-bond acceptors (Lipinski definition) is 4. The van der Waals surface area contributed by atoms with Crippen LogP contribution < -0.4 is 9.64 Å². The molecule has 0 aromatic heterocycles. The van der Waals surface area contributed by atoms with Crippen LogP contribution in [0.2, 0.25) is 5.02 Å². The fraction of sp³-hybridized carbons (Fsp3) is 0.484. The number of likely N-dealkylation sites (N-methyl/N-ethyl adjacent to an activating group) is 1. The van der Waals surface area contributed by atoms with Gasteiger partial charge >= 0.3 is 5.97 Å². The van der Waals surface area contributed by atoms with Gasteiger partial charge in [0.25, 0.3) is 0 Å². The Kier molecular flexibility index (Phi) is 9.73. The van der Waals surface area contributed by atoms with Crippen molar-refractivity contribution in [2.45, 2.75) is 63.7 Å². The number of benzene rings is 2. The number of aliphatic carboxylic acids is 1. The van der Waals surface area contributed by atoms with Gasteiger partial charge in [0.05, 0.1) is 18.2 Å². The van der Waals surface area contributed by atoms with Crippen LogP contribution in [0, 0.1) is 0 Å². The van der Waals surface area contributed by atoms with Gasteiger partial charge in [-0.1, -0.05) is 49.2 Å². The number of amides is 1. The zero-order chi connectivity index (χ0) is 27.1. The number of rotatable bonds is 4. The highest BCUT2D eigenvalue weighted by Gasteiger charge is 2.28. The number of carboxylic acid groups (broad SMARTS) is 1. The van der Waals surface area contributed by atoms with E-state index in [2.05, 4.69) is 30.0 Å². The highest BCUT2D eigenvalue weighted by atomic mass is 35.5. The van der Waals surface area contributed by atoms with E-state index in [1.165, 1.54) is 11.1 Å². The van der Waals surface area contributed by atoms with Crippen LogP contribution in [-0.4, -0.2) is 55.2 Å². The van der Waals surface area contributed by atoms with Gasteiger partial charge in [0, 0.05) is 44.0 Å². The zero-order valence-electron chi connectivity index (χ0n) is 22.5. The van der Waals surface area contributed by atoms with Crippen molar-refractivity contribution < 1.29 is 19.4 Å². The first kappa shape index (κ1) is 28.0. The monoisotopic (exact) mass is 538 g/mol. The first-order chi connectivity index (χ1) is 18.4. The molecule has 0 saturated heterocycles. The molecule has 204 valence electrons. The Hall–Kier alpha value is -2.99. The molecule has 6 nitrogen and oxygen atoms in total. The van der Waals surface area contributed by atoms with E-state index in [0.717, 1.165) is 61.7 Å². The molecule has 0 spiro atoms. The van der Waals surface area contributed by atoms with Gasteiger partial charge in [-0.25, -0.2) is 0 Å². The molecule has 4 rings (SSSR count). The summed E-state index contributed by atoms with van der Waals surface area (Å²) in [6.07, 6.45) is 9.62. The fourth-order valence-corrected chi connectivity index (χ4v) is 5.69. The normalized spacial score (nSPS) is 21.9. The minimum absolute atomic E-state index is 0.0404. The van der Waals surface area contributed by atoms with Gasteiger partial charge in [0.15, 0.2) is 0 Å². The molecule has 2 aliphatic heterocycles. The SMILES string of the molecule is CCCc1cc(Cl)ccc1C1COc2ccc3cc2N(CCCC/C=C/CN(C)C(=O)CCC3C(=O)O)C1. The van der Waals surface area contributed by atoms with Crippen LogP contribution in [0.1, 0.15) is 74.0 Å². The zero-order valence-corrected chi connectivity index (χ0v) is 23.3. The summed E-state index contributed by atoms with van der Waals surface area (Å²) in [7, 11) is 1.77. The average molecular weight is 539 g/mol. The molecule has 2 unspecified atom stereocenters. The van der Waals surface area contributed by atoms with Crippen LogP contribution in [0.5, 0.6) is 5.75 Å². The summed E-state index contributed by atoms with van der Waals surface area (Å²) in [5, 5.41) is 10.8. The van der Waals surface area contributed by atoms with Gasteiger partial charge in [0.1, 0.15) is 5.75 Å². The molecule has 38 heavy (non-hydrogen) atoms. The predicted octanol–water partition coefficient (Wildman–Crippen LogP) is 6.42. The van der Waals surface area contributed by atoms with Crippen LogP contribution in [0.25, 0.3) is 0 Å². The van der Waals surface area contributed by atoms with E-state index in [1.54, 1.807) is 11.9 Å². The maximum absolute atomic E-state index is 12.6. The number of ether oxygens (including phenoxy) is 1. The molecular formula is C31H39ClN2O4. The molecular weight excluding hydrogens is 500 g/mol. The summed E-state index contributed by atoms with van der Waals surface area (Å²) in [6, 6.07) is 11.9. The molecule has 2 aromatic carbocycles. The molecule has 7 heteroatoms. The number of fused-ring (bicyclic) bond motifs is 1. The van der Waals surface area contributed by atoms with Crippen molar-refractivity contribution in [2.75, 3.05) is 38.2 Å². The van der Waals surface area contributed by atoms with E-state index in [1.807, 2.05) is 30.3 Å². The van der Waals surface area contributed by atoms with Crippen LogP contribution in [0.3, 0.4) is 0 Å². The maximum atomic E-state index is 12.6. The van der Waals surface area contributed by atoms with Crippen LogP contribution in [-0.2, 0) is 16.0 Å². The van der Waals surface area contributed by atoms with E-state index in [0.29, 0.717) is 18.7 Å². The molecule has 2 atom stereocenters. The Morgan fingerprint density at radius 1 is 1.16 bits per heavy atom. The third kappa shape index (κ3) is 6.90. The number of anilines is 1. The predicted molar refractivity (Wildman–Crippen MR) is 153 cm³/mol. The number of carboxylic acids is 1. The Balaban J connectivity index is 1.69. The molecule has 0 aliphatic carbocycles.